The molecule has 2 N–H and O–H groups in total. The molecule has 1 heterocycles. The van der Waals surface area contributed by atoms with Crippen LogP contribution >= 0.6 is 0 Å². The first kappa shape index (κ1) is 28.3. The Balaban J connectivity index is 2.04. The Kier molecular flexibility index (Phi) is 12.0. The first-order chi connectivity index (χ1) is 16.3. The number of rotatable bonds is 17. The minimum absolute atomic E-state index is 0.198. The Hall–Kier alpha value is -1.96. The molecule has 1 aromatic carbocycles. The van der Waals surface area contributed by atoms with E-state index in [4.69, 9.17) is 0 Å². The average molecular weight is 492 g/mol. The van der Waals surface area contributed by atoms with Gasteiger partial charge in [-0.1, -0.05) is 117 Å². The maximum absolute atomic E-state index is 13.6. The van der Waals surface area contributed by atoms with Gasteiger partial charge in [0.05, 0.1) is 5.69 Å². The molecule has 0 aliphatic carbocycles. The summed E-state index contributed by atoms with van der Waals surface area (Å²) in [6.07, 6.45) is 12.5. The Morgan fingerprint density at radius 1 is 0.853 bits per heavy atom. The van der Waals surface area contributed by atoms with Crippen LogP contribution in [0.25, 0.3) is 0 Å². The number of aromatic nitrogens is 4. The molecule has 192 valence electrons. The number of aromatic amines is 1. The summed E-state index contributed by atoms with van der Waals surface area (Å²) in [5, 5.41) is 13.1. The van der Waals surface area contributed by atoms with E-state index in [9.17, 15) is 8.42 Å². The minimum atomic E-state index is -3.74. The molecule has 7 nitrogen and oxygen atoms in total. The lowest BCUT2D eigenvalue weighted by atomic mass is 9.93. The third-order valence-electron chi connectivity index (χ3n) is 6.48. The molecule has 1 unspecified atom stereocenters. The van der Waals surface area contributed by atoms with Crippen molar-refractivity contribution in [2.24, 2.45) is 0 Å². The molecule has 0 radical (unpaired) electrons. The predicted molar refractivity (Wildman–Crippen MR) is 141 cm³/mol. The molecule has 2 aromatic rings. The molecule has 0 saturated heterocycles. The van der Waals surface area contributed by atoms with Crippen molar-refractivity contribution in [1.29, 1.82) is 0 Å². The molecule has 1 atom stereocenters. The second kappa shape index (κ2) is 14.4. The van der Waals surface area contributed by atoms with Crippen molar-refractivity contribution < 1.29 is 8.42 Å². The van der Waals surface area contributed by atoms with Crippen molar-refractivity contribution in [3.05, 3.63) is 35.2 Å². The van der Waals surface area contributed by atoms with Crippen LogP contribution in [-0.4, -0.2) is 29.0 Å². The van der Waals surface area contributed by atoms with Crippen molar-refractivity contribution >= 4 is 15.7 Å². The van der Waals surface area contributed by atoms with Crippen LogP contribution in [0.15, 0.2) is 18.2 Å². The van der Waals surface area contributed by atoms with Crippen molar-refractivity contribution in [1.82, 2.24) is 20.6 Å². The second-order valence-electron chi connectivity index (χ2n) is 10.0. The van der Waals surface area contributed by atoms with Crippen molar-refractivity contribution in [2.45, 2.75) is 122 Å². The van der Waals surface area contributed by atoms with Crippen LogP contribution in [0, 0.1) is 0 Å². The van der Waals surface area contributed by atoms with Crippen LogP contribution < -0.4 is 4.72 Å². The second-order valence-corrected chi connectivity index (χ2v) is 11.9. The van der Waals surface area contributed by atoms with Crippen LogP contribution in [0.1, 0.15) is 139 Å². The van der Waals surface area contributed by atoms with Crippen LogP contribution in [0.2, 0.25) is 0 Å². The molecule has 34 heavy (non-hydrogen) atoms. The molecule has 2 rings (SSSR count). The number of benzene rings is 1. The van der Waals surface area contributed by atoms with Gasteiger partial charge in [0.1, 0.15) is 5.25 Å². The van der Waals surface area contributed by atoms with Gasteiger partial charge in [-0.15, -0.1) is 5.10 Å². The smallest absolute Gasteiger partial charge is 0.243 e. The summed E-state index contributed by atoms with van der Waals surface area (Å²) in [7, 11) is -3.74. The molecule has 0 fully saturated rings. The van der Waals surface area contributed by atoms with Gasteiger partial charge in [-0.25, -0.2) is 13.5 Å². The van der Waals surface area contributed by atoms with Crippen LogP contribution in [0.4, 0.5) is 5.69 Å². The highest BCUT2D eigenvalue weighted by molar-refractivity contribution is 7.92. The zero-order valence-electron chi connectivity index (χ0n) is 21.8. The van der Waals surface area contributed by atoms with Gasteiger partial charge >= 0.3 is 0 Å². The molecular weight excluding hydrogens is 446 g/mol. The summed E-state index contributed by atoms with van der Waals surface area (Å²) < 4.78 is 30.2. The fourth-order valence-corrected chi connectivity index (χ4v) is 5.97. The quantitative estimate of drug-likeness (QED) is 0.227. The SMILES string of the molecule is CCCCCCCCCCCCC(c1nnn[nH]1)S(=O)(=O)Nc1c(C(C)C)cccc1C(C)C. The molecule has 0 aliphatic heterocycles. The monoisotopic (exact) mass is 491 g/mol. The van der Waals surface area contributed by atoms with E-state index in [1.807, 2.05) is 18.2 Å². The number of nitrogens with zero attached hydrogens (tertiary/aromatic N) is 3. The Labute approximate surface area is 207 Å². The van der Waals surface area contributed by atoms with Crippen LogP contribution in [-0.2, 0) is 10.0 Å². The van der Waals surface area contributed by atoms with E-state index in [1.54, 1.807) is 0 Å². The van der Waals surface area contributed by atoms with Crippen molar-refractivity contribution in [3.8, 4) is 0 Å². The summed E-state index contributed by atoms with van der Waals surface area (Å²) in [5.74, 6) is 0.698. The molecular formula is C26H45N5O2S. The van der Waals surface area contributed by atoms with Crippen LogP contribution in [0.5, 0.6) is 0 Å². The Morgan fingerprint density at radius 3 is 1.85 bits per heavy atom. The minimum Gasteiger partial charge on any atom is -0.282 e. The number of hydrogen-bond acceptors (Lipinski definition) is 5. The van der Waals surface area contributed by atoms with Gasteiger partial charge in [-0.3, -0.25) is 4.72 Å². The van der Waals surface area contributed by atoms with Gasteiger partial charge in [0, 0.05) is 0 Å². The fourth-order valence-electron chi connectivity index (χ4n) is 4.44. The lowest BCUT2D eigenvalue weighted by molar-refractivity contribution is 0.533. The van der Waals surface area contributed by atoms with Crippen molar-refractivity contribution in [2.75, 3.05) is 4.72 Å². The van der Waals surface area contributed by atoms with Crippen LogP contribution in [0.3, 0.4) is 0 Å². The van der Waals surface area contributed by atoms with Gasteiger partial charge in [0.15, 0.2) is 5.82 Å². The molecule has 0 spiro atoms. The van der Waals surface area contributed by atoms with Crippen molar-refractivity contribution in [3.63, 3.8) is 0 Å². The van der Waals surface area contributed by atoms with E-state index in [0.717, 1.165) is 30.4 Å². The molecule has 0 aliphatic rings. The normalized spacial score (nSPS) is 13.0. The number of para-hydroxylation sites is 1. The fraction of sp³-hybridized carbons (Fsp3) is 0.731. The lowest BCUT2D eigenvalue weighted by Crippen LogP contribution is -2.24. The average Bonchev–Trinajstić information content (AvgIpc) is 3.31. The highest BCUT2D eigenvalue weighted by Crippen LogP contribution is 2.36. The third-order valence-corrected chi connectivity index (χ3v) is 8.18. The number of unbranched alkanes of at least 4 members (excludes halogenated alkanes) is 9. The van der Waals surface area contributed by atoms with E-state index < -0.39 is 15.3 Å². The first-order valence-corrected chi connectivity index (χ1v) is 14.7. The molecule has 0 saturated carbocycles. The summed E-state index contributed by atoms with van der Waals surface area (Å²) in [4.78, 5) is 0. The third kappa shape index (κ3) is 8.67. The Morgan fingerprint density at radius 2 is 1.38 bits per heavy atom. The zero-order valence-corrected chi connectivity index (χ0v) is 22.6. The number of H-pyrrole nitrogens is 1. The number of hydrogen-bond donors (Lipinski definition) is 2. The first-order valence-electron chi connectivity index (χ1n) is 13.2. The summed E-state index contributed by atoms with van der Waals surface area (Å²) in [5.41, 5.74) is 2.71. The van der Waals surface area contributed by atoms with Gasteiger partial charge < -0.3 is 0 Å². The number of tetrazole rings is 1. The van der Waals surface area contributed by atoms with Gasteiger partial charge in [-0.05, 0) is 39.8 Å². The topological polar surface area (TPSA) is 101 Å². The summed E-state index contributed by atoms with van der Waals surface area (Å²) >= 11 is 0. The van der Waals surface area contributed by atoms with E-state index in [0.29, 0.717) is 17.9 Å². The largest absolute Gasteiger partial charge is 0.282 e. The van der Waals surface area contributed by atoms with E-state index >= 15 is 0 Å². The standard InChI is InChI=1S/C26H45N5O2S/c1-6-7-8-9-10-11-12-13-14-15-19-24(26-27-30-31-28-26)34(32,33)29-25-22(20(2)3)17-16-18-23(25)21(4)5/h16-18,20-21,24,29H,6-15,19H2,1-5H3,(H,27,28,30,31). The predicted octanol–water partition coefficient (Wildman–Crippen LogP) is 7.24. The Bertz CT molecular complexity index is 900. The molecule has 1 aromatic heterocycles. The lowest BCUT2D eigenvalue weighted by Gasteiger charge is -2.23. The van der Waals surface area contributed by atoms with Gasteiger partial charge in [0.2, 0.25) is 10.0 Å². The van der Waals surface area contributed by atoms with E-state index in [-0.39, 0.29) is 11.8 Å². The number of nitrogens with one attached hydrogen (secondary N) is 2. The highest BCUT2D eigenvalue weighted by atomic mass is 32.2. The molecule has 0 bridgehead atoms. The van der Waals surface area contributed by atoms with E-state index in [1.165, 1.54) is 44.9 Å². The van der Waals surface area contributed by atoms with Gasteiger partial charge in [0.25, 0.3) is 0 Å². The maximum atomic E-state index is 13.6. The number of anilines is 1. The highest BCUT2D eigenvalue weighted by Gasteiger charge is 2.31. The summed E-state index contributed by atoms with van der Waals surface area (Å²) in [6.45, 7) is 10.6. The molecule has 8 heteroatoms. The zero-order chi connectivity index (χ0) is 25.0. The van der Waals surface area contributed by atoms with Gasteiger partial charge in [-0.2, -0.15) is 0 Å². The number of sulfonamides is 1. The molecule has 0 amide bonds. The summed E-state index contributed by atoms with van der Waals surface area (Å²) in [6, 6.07) is 6.01. The van der Waals surface area contributed by atoms with E-state index in [2.05, 4.69) is 60.0 Å². The maximum Gasteiger partial charge on any atom is 0.243 e.